The third-order valence-corrected chi connectivity index (χ3v) is 8.46. The van der Waals surface area contributed by atoms with E-state index in [0.717, 1.165) is 43.1 Å². The van der Waals surface area contributed by atoms with Gasteiger partial charge in [0.25, 0.3) is 5.91 Å². The highest BCUT2D eigenvalue weighted by Gasteiger charge is 2.35. The first kappa shape index (κ1) is 20.2. The van der Waals surface area contributed by atoms with E-state index >= 15 is 0 Å². The minimum absolute atomic E-state index is 0.0815. The third kappa shape index (κ3) is 3.81. The van der Waals surface area contributed by atoms with Gasteiger partial charge in [0.15, 0.2) is 0 Å². The Hall–Kier alpha value is -2.41. The molecule has 5 heterocycles. The molecule has 0 radical (unpaired) electrons. The lowest BCUT2D eigenvalue weighted by atomic mass is 9.84. The number of carbonyl (C=O) groups is 1. The van der Waals surface area contributed by atoms with E-state index in [4.69, 9.17) is 4.74 Å². The summed E-state index contributed by atoms with van der Waals surface area (Å²) in [4.78, 5) is 18.8. The molecule has 4 aliphatic heterocycles. The Balaban J connectivity index is 1.27. The lowest BCUT2D eigenvalue weighted by molar-refractivity contribution is 0.0622. The van der Waals surface area contributed by atoms with Gasteiger partial charge in [-0.3, -0.25) is 4.79 Å². The van der Waals surface area contributed by atoms with Crippen molar-refractivity contribution in [3.05, 3.63) is 53.4 Å². The number of amides is 1. The predicted molar refractivity (Wildman–Crippen MR) is 131 cm³/mol. The number of rotatable bonds is 4. The Labute approximate surface area is 193 Å². The van der Waals surface area contributed by atoms with E-state index in [1.165, 1.54) is 47.4 Å². The number of ether oxygens (including phenoxy) is 1. The van der Waals surface area contributed by atoms with Gasteiger partial charge in [-0.2, -0.15) is 0 Å². The van der Waals surface area contributed by atoms with Crippen molar-refractivity contribution in [1.29, 1.82) is 0 Å². The summed E-state index contributed by atoms with van der Waals surface area (Å²) in [6.07, 6.45) is 2.42. The molecule has 4 aliphatic rings. The minimum atomic E-state index is 0.0815. The number of hydrogen-bond acceptors (Lipinski definition) is 5. The Bertz CT molecular complexity index is 1130. The van der Waals surface area contributed by atoms with Crippen molar-refractivity contribution in [3.8, 4) is 11.1 Å². The molecule has 2 bridgehead atoms. The summed E-state index contributed by atoms with van der Waals surface area (Å²) >= 11 is 1.62. The third-order valence-electron chi connectivity index (χ3n) is 7.27. The zero-order valence-corrected chi connectivity index (χ0v) is 19.1. The van der Waals surface area contributed by atoms with Crippen molar-refractivity contribution in [3.63, 3.8) is 0 Å². The number of fused-ring (bicyclic) bond motifs is 4. The number of nitrogens with one attached hydrogen (secondary N) is 1. The van der Waals surface area contributed by atoms with Crippen molar-refractivity contribution in [2.45, 2.75) is 18.9 Å². The standard InChI is InChI=1S/C26H29N3O2S/c30-26(27-23-17-28-9-7-18(23)8-10-28)24-16-20-4-2-6-22(25(20)32-24)19-3-1-5-21(15-19)29-11-13-31-14-12-29/h1-6,15-16,18,23H,7-14,17H2,(H,27,30). The first-order chi connectivity index (χ1) is 15.7. The Kier molecular flexibility index (Phi) is 5.37. The topological polar surface area (TPSA) is 44.8 Å². The van der Waals surface area contributed by atoms with Gasteiger partial charge in [-0.1, -0.05) is 30.3 Å². The molecule has 5 nitrogen and oxygen atoms in total. The summed E-state index contributed by atoms with van der Waals surface area (Å²) in [5, 5.41) is 4.49. The van der Waals surface area contributed by atoms with E-state index in [1.54, 1.807) is 11.3 Å². The SMILES string of the molecule is O=C(NC1CN2CCC1CC2)c1cc2cccc(-c3cccc(N4CCOCC4)c3)c2s1. The fourth-order valence-corrected chi connectivity index (χ4v) is 6.56. The van der Waals surface area contributed by atoms with Crippen LogP contribution >= 0.6 is 11.3 Å². The molecular formula is C26H29N3O2S. The monoisotopic (exact) mass is 447 g/mol. The van der Waals surface area contributed by atoms with Crippen molar-refractivity contribution in [1.82, 2.24) is 10.2 Å². The van der Waals surface area contributed by atoms with Gasteiger partial charge in [0.05, 0.1) is 18.1 Å². The van der Waals surface area contributed by atoms with Gasteiger partial charge in [0.2, 0.25) is 0 Å². The summed E-state index contributed by atoms with van der Waals surface area (Å²) in [7, 11) is 0. The van der Waals surface area contributed by atoms with E-state index in [2.05, 4.69) is 63.6 Å². The Morgan fingerprint density at radius 1 is 1.00 bits per heavy atom. The number of thiophene rings is 1. The lowest BCUT2D eigenvalue weighted by Gasteiger charge is -2.44. The van der Waals surface area contributed by atoms with E-state index in [9.17, 15) is 4.79 Å². The van der Waals surface area contributed by atoms with Gasteiger partial charge < -0.3 is 19.9 Å². The van der Waals surface area contributed by atoms with Crippen LogP contribution in [0, 0.1) is 5.92 Å². The van der Waals surface area contributed by atoms with Crippen molar-refractivity contribution >= 4 is 33.0 Å². The molecule has 2 aromatic carbocycles. The van der Waals surface area contributed by atoms with Gasteiger partial charge in [0.1, 0.15) is 0 Å². The van der Waals surface area contributed by atoms with Gasteiger partial charge in [-0.15, -0.1) is 11.3 Å². The molecule has 1 amide bonds. The average molecular weight is 448 g/mol. The summed E-state index contributed by atoms with van der Waals surface area (Å²) in [5.74, 6) is 0.717. The molecular weight excluding hydrogens is 418 g/mol. The zero-order valence-electron chi connectivity index (χ0n) is 18.3. The lowest BCUT2D eigenvalue weighted by Crippen LogP contribution is -2.57. The summed E-state index contributed by atoms with van der Waals surface area (Å²) in [6.45, 7) is 6.79. The Morgan fingerprint density at radius 3 is 2.59 bits per heavy atom. The van der Waals surface area contributed by atoms with E-state index in [-0.39, 0.29) is 5.91 Å². The smallest absolute Gasteiger partial charge is 0.261 e. The van der Waals surface area contributed by atoms with Crippen LogP contribution in [0.1, 0.15) is 22.5 Å². The summed E-state index contributed by atoms with van der Waals surface area (Å²) < 4.78 is 6.69. The molecule has 3 aromatic rings. The number of anilines is 1. The van der Waals surface area contributed by atoms with Crippen LogP contribution in [-0.2, 0) is 4.74 Å². The van der Waals surface area contributed by atoms with E-state index in [0.29, 0.717) is 12.0 Å². The van der Waals surface area contributed by atoms with Gasteiger partial charge in [-0.25, -0.2) is 0 Å². The van der Waals surface area contributed by atoms with Gasteiger partial charge in [-0.05, 0) is 66.6 Å². The zero-order chi connectivity index (χ0) is 21.5. The second-order valence-corrected chi connectivity index (χ2v) is 10.3. The minimum Gasteiger partial charge on any atom is -0.378 e. The molecule has 1 unspecified atom stereocenters. The second-order valence-electron chi connectivity index (χ2n) is 9.20. The number of piperidine rings is 3. The highest BCUT2D eigenvalue weighted by atomic mass is 32.1. The molecule has 0 saturated carbocycles. The van der Waals surface area contributed by atoms with Crippen LogP contribution in [0.25, 0.3) is 21.2 Å². The maximum absolute atomic E-state index is 13.1. The number of hydrogen-bond donors (Lipinski definition) is 1. The molecule has 0 aliphatic carbocycles. The highest BCUT2D eigenvalue weighted by molar-refractivity contribution is 7.21. The second kappa shape index (κ2) is 8.50. The molecule has 32 heavy (non-hydrogen) atoms. The van der Waals surface area contributed by atoms with Crippen LogP contribution in [-0.4, -0.2) is 62.8 Å². The van der Waals surface area contributed by atoms with Crippen LogP contribution in [0.2, 0.25) is 0 Å². The van der Waals surface area contributed by atoms with Crippen molar-refractivity contribution in [2.24, 2.45) is 5.92 Å². The molecule has 4 fully saturated rings. The molecule has 4 saturated heterocycles. The largest absolute Gasteiger partial charge is 0.378 e. The predicted octanol–water partition coefficient (Wildman–Crippen LogP) is 4.23. The summed E-state index contributed by atoms with van der Waals surface area (Å²) in [6, 6.07) is 17.5. The highest BCUT2D eigenvalue weighted by Crippen LogP contribution is 2.37. The van der Waals surface area contributed by atoms with Crippen molar-refractivity contribution < 1.29 is 9.53 Å². The van der Waals surface area contributed by atoms with Crippen LogP contribution in [0.5, 0.6) is 0 Å². The molecule has 0 spiro atoms. The van der Waals surface area contributed by atoms with Crippen molar-refractivity contribution in [2.75, 3.05) is 50.8 Å². The van der Waals surface area contributed by atoms with Crippen LogP contribution in [0.4, 0.5) is 5.69 Å². The van der Waals surface area contributed by atoms with E-state index < -0.39 is 0 Å². The molecule has 166 valence electrons. The molecule has 1 N–H and O–H groups in total. The number of carbonyl (C=O) groups excluding carboxylic acids is 1. The number of morpholine rings is 1. The van der Waals surface area contributed by atoms with E-state index in [1.807, 2.05) is 0 Å². The summed E-state index contributed by atoms with van der Waals surface area (Å²) in [5.41, 5.74) is 3.63. The normalized spacial score (nSPS) is 25.2. The molecule has 1 aromatic heterocycles. The first-order valence-corrected chi connectivity index (χ1v) is 12.6. The Morgan fingerprint density at radius 2 is 1.81 bits per heavy atom. The van der Waals surface area contributed by atoms with Crippen LogP contribution in [0.3, 0.4) is 0 Å². The fraction of sp³-hybridized carbons (Fsp3) is 0.423. The molecule has 1 atom stereocenters. The van der Waals surface area contributed by atoms with Crippen LogP contribution in [0.15, 0.2) is 48.5 Å². The quantitative estimate of drug-likeness (QED) is 0.650. The molecule has 6 heteroatoms. The van der Waals surface area contributed by atoms with Crippen LogP contribution < -0.4 is 10.2 Å². The number of benzene rings is 2. The van der Waals surface area contributed by atoms with Gasteiger partial charge in [0, 0.05) is 36.1 Å². The average Bonchev–Trinajstić information content (AvgIpc) is 3.30. The van der Waals surface area contributed by atoms with Gasteiger partial charge >= 0.3 is 0 Å². The molecule has 7 rings (SSSR count). The fourth-order valence-electron chi connectivity index (χ4n) is 5.46. The maximum Gasteiger partial charge on any atom is 0.261 e. The maximum atomic E-state index is 13.1. The number of nitrogens with zero attached hydrogens (tertiary/aromatic N) is 2. The first-order valence-electron chi connectivity index (χ1n) is 11.7.